The Labute approximate surface area is 145 Å². The van der Waals surface area contributed by atoms with Gasteiger partial charge in [0.1, 0.15) is 5.56 Å². The molecule has 0 saturated carbocycles. The topological polar surface area (TPSA) is 101 Å². The van der Waals surface area contributed by atoms with E-state index in [0.717, 1.165) is 25.3 Å². The molecule has 1 aromatic carbocycles. The number of amides is 2. The maximum atomic E-state index is 12.1. The van der Waals surface area contributed by atoms with Crippen molar-refractivity contribution in [3.8, 4) is 0 Å². The van der Waals surface area contributed by atoms with E-state index in [9.17, 15) is 19.7 Å². The number of nitro benzene ring substituents is 1. The number of aryl methyl sites for hydroxylation is 2. The van der Waals surface area contributed by atoms with Gasteiger partial charge in [0.05, 0.1) is 9.80 Å². The van der Waals surface area contributed by atoms with Crippen LogP contribution in [0.15, 0.2) is 24.3 Å². The third kappa shape index (κ3) is 3.24. The fourth-order valence-corrected chi connectivity index (χ4v) is 3.85. The summed E-state index contributed by atoms with van der Waals surface area (Å²) >= 11 is 7.10. The summed E-state index contributed by atoms with van der Waals surface area (Å²) in [5.74, 6) is -1.23. The summed E-state index contributed by atoms with van der Waals surface area (Å²) in [5, 5.41) is 11.1. The molecular weight excluding hydrogens is 354 g/mol. The molecule has 1 heterocycles. The van der Waals surface area contributed by atoms with Crippen LogP contribution in [0.25, 0.3) is 0 Å². The number of carbonyl (C=O) groups excluding carboxylic acids is 2. The lowest BCUT2D eigenvalue weighted by Crippen LogP contribution is -2.41. The van der Waals surface area contributed by atoms with Crippen LogP contribution in [-0.2, 0) is 12.8 Å². The van der Waals surface area contributed by atoms with Crippen LogP contribution in [0.1, 0.15) is 36.9 Å². The van der Waals surface area contributed by atoms with Crippen molar-refractivity contribution in [1.82, 2.24) is 10.9 Å². The van der Waals surface area contributed by atoms with Gasteiger partial charge in [0.25, 0.3) is 17.5 Å². The van der Waals surface area contributed by atoms with Crippen LogP contribution < -0.4 is 10.9 Å². The zero-order valence-electron chi connectivity index (χ0n) is 12.3. The predicted molar refractivity (Wildman–Crippen MR) is 89.4 cm³/mol. The van der Waals surface area contributed by atoms with E-state index in [1.807, 2.05) is 6.07 Å². The van der Waals surface area contributed by atoms with E-state index < -0.39 is 22.4 Å². The third-order valence-corrected chi connectivity index (χ3v) is 5.13. The van der Waals surface area contributed by atoms with E-state index in [1.54, 1.807) is 0 Å². The second kappa shape index (κ2) is 6.58. The molecule has 124 valence electrons. The highest BCUT2D eigenvalue weighted by atomic mass is 35.5. The van der Waals surface area contributed by atoms with Crippen LogP contribution in [0, 0.1) is 10.1 Å². The number of nitro groups is 1. The Balaban J connectivity index is 1.69. The molecule has 1 aromatic heterocycles. The zero-order chi connectivity index (χ0) is 17.3. The monoisotopic (exact) mass is 365 g/mol. The fourth-order valence-electron chi connectivity index (χ4n) is 2.53. The lowest BCUT2D eigenvalue weighted by atomic mass is 10.2. The second-order valence-corrected chi connectivity index (χ2v) is 6.81. The summed E-state index contributed by atoms with van der Waals surface area (Å²) in [7, 11) is 0. The van der Waals surface area contributed by atoms with Crippen LogP contribution in [0.4, 0.5) is 5.69 Å². The molecule has 0 radical (unpaired) electrons. The fraction of sp³-hybridized carbons (Fsp3) is 0.200. The van der Waals surface area contributed by atoms with Gasteiger partial charge < -0.3 is 0 Å². The van der Waals surface area contributed by atoms with Crippen molar-refractivity contribution in [3.63, 3.8) is 0 Å². The molecule has 2 aromatic rings. The molecule has 0 fully saturated rings. The molecule has 0 spiro atoms. The number of thiophene rings is 1. The van der Waals surface area contributed by atoms with Crippen molar-refractivity contribution >= 4 is 40.4 Å². The highest BCUT2D eigenvalue weighted by molar-refractivity contribution is 7.14. The second-order valence-electron chi connectivity index (χ2n) is 5.24. The van der Waals surface area contributed by atoms with Gasteiger partial charge in [0.15, 0.2) is 0 Å². The minimum atomic E-state index is -0.782. The Morgan fingerprint density at radius 1 is 1.17 bits per heavy atom. The van der Waals surface area contributed by atoms with Gasteiger partial charge in [-0.1, -0.05) is 11.6 Å². The molecule has 0 saturated heterocycles. The third-order valence-electron chi connectivity index (χ3n) is 3.66. The molecule has 0 bridgehead atoms. The molecule has 0 aliphatic heterocycles. The van der Waals surface area contributed by atoms with E-state index in [2.05, 4.69) is 10.9 Å². The first-order valence-electron chi connectivity index (χ1n) is 7.12. The van der Waals surface area contributed by atoms with Crippen LogP contribution >= 0.6 is 22.9 Å². The van der Waals surface area contributed by atoms with Gasteiger partial charge in [-0.05, 0) is 43.0 Å². The Morgan fingerprint density at radius 3 is 2.62 bits per heavy atom. The van der Waals surface area contributed by atoms with Crippen molar-refractivity contribution in [2.45, 2.75) is 19.3 Å². The maximum Gasteiger partial charge on any atom is 0.283 e. The molecule has 1 aliphatic carbocycles. The number of hydrazine groups is 1. The number of rotatable bonds is 3. The summed E-state index contributed by atoms with van der Waals surface area (Å²) in [4.78, 5) is 36.2. The molecule has 2 amide bonds. The smallest absolute Gasteiger partial charge is 0.267 e. The van der Waals surface area contributed by atoms with Crippen LogP contribution in [0.3, 0.4) is 0 Å². The van der Waals surface area contributed by atoms with Crippen LogP contribution in [-0.4, -0.2) is 16.7 Å². The average molecular weight is 366 g/mol. The van der Waals surface area contributed by atoms with Crippen molar-refractivity contribution in [2.75, 3.05) is 0 Å². The van der Waals surface area contributed by atoms with Gasteiger partial charge in [-0.25, -0.2) is 0 Å². The molecule has 9 heteroatoms. The number of hydrogen-bond acceptors (Lipinski definition) is 5. The summed E-state index contributed by atoms with van der Waals surface area (Å²) in [5.41, 5.74) is 5.04. The number of nitrogens with zero attached hydrogens (tertiary/aromatic N) is 1. The molecule has 7 nitrogen and oxygen atoms in total. The van der Waals surface area contributed by atoms with E-state index in [-0.39, 0.29) is 10.6 Å². The maximum absolute atomic E-state index is 12.1. The van der Waals surface area contributed by atoms with Gasteiger partial charge in [0.2, 0.25) is 0 Å². The molecule has 0 unspecified atom stereocenters. The Hall–Kier alpha value is -2.45. The Kier molecular flexibility index (Phi) is 4.50. The van der Waals surface area contributed by atoms with Gasteiger partial charge in [-0.2, -0.15) is 0 Å². The standard InChI is InChI=1S/C15H12ClN3O4S/c16-9-4-5-10(11(7-9)19(22)23)14(20)17-18-15(21)13-6-8-2-1-3-12(8)24-13/h4-7H,1-3H2,(H,17,20)(H,18,21). The Bertz CT molecular complexity index is 828. The number of fused-ring (bicyclic) bond motifs is 1. The molecule has 1 aliphatic rings. The minimum Gasteiger partial charge on any atom is -0.267 e. The van der Waals surface area contributed by atoms with E-state index >= 15 is 0 Å². The van der Waals surface area contributed by atoms with Crippen molar-refractivity contribution in [1.29, 1.82) is 0 Å². The van der Waals surface area contributed by atoms with Crippen molar-refractivity contribution in [2.24, 2.45) is 0 Å². The van der Waals surface area contributed by atoms with Gasteiger partial charge in [-0.15, -0.1) is 11.3 Å². The highest BCUT2D eigenvalue weighted by Gasteiger charge is 2.22. The van der Waals surface area contributed by atoms with Gasteiger partial charge >= 0.3 is 0 Å². The largest absolute Gasteiger partial charge is 0.283 e. The summed E-state index contributed by atoms with van der Waals surface area (Å²) in [6.45, 7) is 0. The van der Waals surface area contributed by atoms with E-state index in [4.69, 9.17) is 11.6 Å². The predicted octanol–water partition coefficient (Wildman–Crippen LogP) is 2.87. The number of hydrogen-bond donors (Lipinski definition) is 2. The number of halogens is 1. The number of carbonyl (C=O) groups is 2. The Morgan fingerprint density at radius 2 is 1.92 bits per heavy atom. The number of benzene rings is 1. The molecule has 24 heavy (non-hydrogen) atoms. The normalized spacial score (nSPS) is 12.5. The number of nitrogens with one attached hydrogen (secondary N) is 2. The van der Waals surface area contributed by atoms with Crippen molar-refractivity contribution < 1.29 is 14.5 Å². The van der Waals surface area contributed by atoms with Crippen molar-refractivity contribution in [3.05, 3.63) is 60.3 Å². The molecule has 3 rings (SSSR count). The first kappa shape index (κ1) is 16.4. The van der Waals surface area contributed by atoms with Crippen LogP contribution in [0.2, 0.25) is 5.02 Å². The van der Waals surface area contributed by atoms with Gasteiger partial charge in [0, 0.05) is 16.0 Å². The van der Waals surface area contributed by atoms with Crippen LogP contribution in [0.5, 0.6) is 0 Å². The first-order valence-corrected chi connectivity index (χ1v) is 8.31. The molecular formula is C15H12ClN3O4S. The van der Waals surface area contributed by atoms with E-state index in [1.165, 1.54) is 33.9 Å². The van der Waals surface area contributed by atoms with Gasteiger partial charge in [-0.3, -0.25) is 30.6 Å². The quantitative estimate of drug-likeness (QED) is 0.645. The molecule has 0 atom stereocenters. The SMILES string of the molecule is O=C(NNC(=O)c1ccc(Cl)cc1[N+](=O)[O-])c1cc2c(s1)CCC2. The summed E-state index contributed by atoms with van der Waals surface area (Å²) in [6, 6.07) is 5.51. The lowest BCUT2D eigenvalue weighted by Gasteiger charge is -2.07. The lowest BCUT2D eigenvalue weighted by molar-refractivity contribution is -0.385. The highest BCUT2D eigenvalue weighted by Crippen LogP contribution is 2.30. The summed E-state index contributed by atoms with van der Waals surface area (Å²) < 4.78 is 0. The first-order chi connectivity index (χ1) is 11.5. The summed E-state index contributed by atoms with van der Waals surface area (Å²) in [6.07, 6.45) is 3.03. The zero-order valence-corrected chi connectivity index (χ0v) is 13.9. The molecule has 2 N–H and O–H groups in total. The van der Waals surface area contributed by atoms with E-state index in [0.29, 0.717) is 4.88 Å². The average Bonchev–Trinajstić information content (AvgIpc) is 3.13. The minimum absolute atomic E-state index is 0.149.